The summed E-state index contributed by atoms with van der Waals surface area (Å²) in [5.74, 6) is 0. The fraction of sp³-hybridized carbons (Fsp3) is 0.250. The number of nitrogens with zero attached hydrogens (tertiary/aromatic N) is 3. The molecule has 3 aromatic rings. The minimum absolute atomic E-state index is 1.10. The maximum absolute atomic E-state index is 4.59. The summed E-state index contributed by atoms with van der Waals surface area (Å²) in [7, 11) is 0. The molecule has 1 aliphatic rings. The summed E-state index contributed by atoms with van der Waals surface area (Å²) >= 11 is 0. The van der Waals surface area contributed by atoms with Gasteiger partial charge in [0.1, 0.15) is 0 Å². The molecule has 0 bridgehead atoms. The van der Waals surface area contributed by atoms with Crippen LogP contribution >= 0.6 is 0 Å². The van der Waals surface area contributed by atoms with Gasteiger partial charge in [-0.05, 0) is 31.2 Å². The average molecular weight is 249 g/mol. The maximum Gasteiger partial charge on any atom is 0.0910 e. The molecule has 0 amide bonds. The van der Waals surface area contributed by atoms with E-state index in [9.17, 15) is 0 Å². The molecule has 0 unspecified atom stereocenters. The molecule has 1 aliphatic carbocycles. The fourth-order valence-corrected chi connectivity index (χ4v) is 2.97. The highest BCUT2D eigenvalue weighted by Crippen LogP contribution is 2.26. The van der Waals surface area contributed by atoms with Gasteiger partial charge in [0.15, 0.2) is 0 Å². The lowest BCUT2D eigenvalue weighted by molar-refractivity contribution is 0.654. The standard InChI is InChI=1S/C16H15N3/c1-3-7-14-12(5-1)9-17-11-16(14)19-15-8-4-2-6-13(15)10-18-19/h1,3,5,7,9-11H,2,4,6,8H2. The minimum Gasteiger partial charge on any atom is -0.262 e. The lowest BCUT2D eigenvalue weighted by atomic mass is 9.98. The molecular formula is C16H15N3. The van der Waals surface area contributed by atoms with Crippen molar-refractivity contribution in [3.05, 3.63) is 54.1 Å². The molecule has 1 aromatic carbocycles. The number of aromatic nitrogens is 3. The second-order valence-electron chi connectivity index (χ2n) is 5.12. The van der Waals surface area contributed by atoms with Gasteiger partial charge in [-0.3, -0.25) is 4.98 Å². The molecule has 0 saturated carbocycles. The molecule has 0 spiro atoms. The summed E-state index contributed by atoms with van der Waals surface area (Å²) in [5.41, 5.74) is 3.87. The molecule has 19 heavy (non-hydrogen) atoms. The first-order valence-electron chi connectivity index (χ1n) is 6.82. The van der Waals surface area contributed by atoms with E-state index in [0.717, 1.165) is 18.5 Å². The van der Waals surface area contributed by atoms with Gasteiger partial charge in [-0.15, -0.1) is 0 Å². The first-order valence-corrected chi connectivity index (χ1v) is 6.82. The van der Waals surface area contributed by atoms with Crippen molar-refractivity contribution >= 4 is 10.8 Å². The third-order valence-corrected chi connectivity index (χ3v) is 3.94. The van der Waals surface area contributed by atoms with Crippen LogP contribution in [-0.4, -0.2) is 14.8 Å². The average Bonchev–Trinajstić information content (AvgIpc) is 2.90. The Labute approximate surface area is 111 Å². The van der Waals surface area contributed by atoms with Crippen molar-refractivity contribution in [1.29, 1.82) is 0 Å². The van der Waals surface area contributed by atoms with E-state index in [1.807, 2.05) is 24.7 Å². The Morgan fingerprint density at radius 2 is 1.84 bits per heavy atom. The highest BCUT2D eigenvalue weighted by atomic mass is 15.3. The van der Waals surface area contributed by atoms with Crippen LogP contribution in [-0.2, 0) is 12.8 Å². The summed E-state index contributed by atoms with van der Waals surface area (Å²) in [5, 5.41) is 6.98. The van der Waals surface area contributed by atoms with Crippen LogP contribution in [0.2, 0.25) is 0 Å². The van der Waals surface area contributed by atoms with Gasteiger partial charge in [-0.25, -0.2) is 4.68 Å². The molecular weight excluding hydrogens is 234 g/mol. The van der Waals surface area contributed by atoms with Crippen LogP contribution in [0, 0.1) is 0 Å². The van der Waals surface area contributed by atoms with Crippen molar-refractivity contribution in [2.45, 2.75) is 25.7 Å². The van der Waals surface area contributed by atoms with Crippen LogP contribution in [0.4, 0.5) is 0 Å². The largest absolute Gasteiger partial charge is 0.262 e. The molecule has 0 atom stereocenters. The molecule has 0 saturated heterocycles. The van der Waals surface area contributed by atoms with Gasteiger partial charge in [-0.2, -0.15) is 5.10 Å². The van der Waals surface area contributed by atoms with Crippen molar-refractivity contribution in [2.75, 3.05) is 0 Å². The van der Waals surface area contributed by atoms with Crippen LogP contribution < -0.4 is 0 Å². The molecule has 0 aliphatic heterocycles. The number of rotatable bonds is 1. The zero-order valence-corrected chi connectivity index (χ0v) is 10.7. The van der Waals surface area contributed by atoms with E-state index in [0.29, 0.717) is 0 Å². The summed E-state index contributed by atoms with van der Waals surface area (Å²) in [6, 6.07) is 8.36. The molecule has 4 rings (SSSR count). The van der Waals surface area contributed by atoms with Crippen molar-refractivity contribution < 1.29 is 0 Å². The Morgan fingerprint density at radius 1 is 0.947 bits per heavy atom. The summed E-state index contributed by atoms with van der Waals surface area (Å²) in [6.07, 6.45) is 10.7. The highest BCUT2D eigenvalue weighted by molar-refractivity contribution is 5.89. The number of fused-ring (bicyclic) bond motifs is 2. The van der Waals surface area contributed by atoms with Gasteiger partial charge in [0.2, 0.25) is 0 Å². The smallest absolute Gasteiger partial charge is 0.0910 e. The summed E-state index contributed by atoms with van der Waals surface area (Å²) < 4.78 is 2.09. The van der Waals surface area contributed by atoms with E-state index in [2.05, 4.69) is 33.0 Å². The molecule has 3 nitrogen and oxygen atoms in total. The molecule has 0 N–H and O–H groups in total. The van der Waals surface area contributed by atoms with E-state index in [1.165, 1.54) is 34.9 Å². The Kier molecular flexibility index (Phi) is 2.37. The van der Waals surface area contributed by atoms with Crippen LogP contribution in [0.5, 0.6) is 0 Å². The Hall–Kier alpha value is -2.16. The maximum atomic E-state index is 4.59. The predicted molar refractivity (Wildman–Crippen MR) is 75.5 cm³/mol. The quantitative estimate of drug-likeness (QED) is 0.662. The van der Waals surface area contributed by atoms with Crippen LogP contribution in [0.3, 0.4) is 0 Å². The van der Waals surface area contributed by atoms with Gasteiger partial charge in [0, 0.05) is 22.7 Å². The first kappa shape index (κ1) is 10.7. The molecule has 3 heteroatoms. The van der Waals surface area contributed by atoms with Crippen LogP contribution in [0.25, 0.3) is 16.5 Å². The topological polar surface area (TPSA) is 30.7 Å². The summed E-state index contributed by atoms with van der Waals surface area (Å²) in [4.78, 5) is 4.36. The van der Waals surface area contributed by atoms with Gasteiger partial charge >= 0.3 is 0 Å². The van der Waals surface area contributed by atoms with E-state index in [1.54, 1.807) is 0 Å². The third-order valence-electron chi connectivity index (χ3n) is 3.94. The number of pyridine rings is 1. The van der Waals surface area contributed by atoms with Gasteiger partial charge in [0.25, 0.3) is 0 Å². The summed E-state index contributed by atoms with van der Waals surface area (Å²) in [6.45, 7) is 0. The Balaban J connectivity index is 1.98. The Morgan fingerprint density at radius 3 is 2.84 bits per heavy atom. The van der Waals surface area contributed by atoms with Crippen molar-refractivity contribution in [1.82, 2.24) is 14.8 Å². The zero-order valence-electron chi connectivity index (χ0n) is 10.7. The SMILES string of the molecule is c1ccc2c(-n3ncc4c3CCCC4)cncc2c1. The van der Waals surface area contributed by atoms with Gasteiger partial charge in [-0.1, -0.05) is 24.3 Å². The van der Waals surface area contributed by atoms with Gasteiger partial charge in [0.05, 0.1) is 18.1 Å². The molecule has 0 fully saturated rings. The van der Waals surface area contributed by atoms with Crippen molar-refractivity contribution in [3.8, 4) is 5.69 Å². The van der Waals surface area contributed by atoms with Crippen LogP contribution in [0.15, 0.2) is 42.9 Å². The molecule has 2 heterocycles. The number of hydrogen-bond acceptors (Lipinski definition) is 2. The second kappa shape index (κ2) is 4.19. The second-order valence-corrected chi connectivity index (χ2v) is 5.12. The van der Waals surface area contributed by atoms with E-state index in [-0.39, 0.29) is 0 Å². The number of aryl methyl sites for hydroxylation is 1. The number of benzene rings is 1. The monoisotopic (exact) mass is 249 g/mol. The highest BCUT2D eigenvalue weighted by Gasteiger charge is 2.17. The number of hydrogen-bond donors (Lipinski definition) is 0. The van der Waals surface area contributed by atoms with Crippen LogP contribution in [0.1, 0.15) is 24.1 Å². The van der Waals surface area contributed by atoms with E-state index < -0.39 is 0 Å². The first-order chi connectivity index (χ1) is 9.43. The van der Waals surface area contributed by atoms with E-state index in [4.69, 9.17) is 0 Å². The van der Waals surface area contributed by atoms with Gasteiger partial charge < -0.3 is 0 Å². The molecule has 94 valence electrons. The lowest BCUT2D eigenvalue weighted by Crippen LogP contribution is -2.08. The molecule has 2 aromatic heterocycles. The molecule has 0 radical (unpaired) electrons. The van der Waals surface area contributed by atoms with Crippen molar-refractivity contribution in [3.63, 3.8) is 0 Å². The van der Waals surface area contributed by atoms with E-state index >= 15 is 0 Å². The van der Waals surface area contributed by atoms with Crippen molar-refractivity contribution in [2.24, 2.45) is 0 Å². The zero-order chi connectivity index (χ0) is 12.7. The lowest BCUT2D eigenvalue weighted by Gasteiger charge is -2.14. The third kappa shape index (κ3) is 1.65. The predicted octanol–water partition coefficient (Wildman–Crippen LogP) is 3.30. The fourth-order valence-electron chi connectivity index (χ4n) is 2.97. The Bertz CT molecular complexity index is 737. The minimum atomic E-state index is 1.10. The normalized spacial score (nSPS) is 14.5.